The van der Waals surface area contributed by atoms with Crippen LogP contribution in [0.4, 0.5) is 11.4 Å². The largest absolute Gasteiger partial charge is 0.369 e. The minimum Gasteiger partial charge on any atom is -0.369 e. The van der Waals surface area contributed by atoms with E-state index in [4.69, 9.17) is 5.73 Å². The van der Waals surface area contributed by atoms with Gasteiger partial charge in [0.25, 0.3) is 0 Å². The molecule has 3 amide bonds. The molecule has 0 spiro atoms. The minimum atomic E-state index is -0.396. The quantitative estimate of drug-likeness (QED) is 0.753. The Morgan fingerprint density at radius 2 is 1.80 bits per heavy atom. The van der Waals surface area contributed by atoms with Crippen molar-refractivity contribution in [3.05, 3.63) is 24.3 Å². The third-order valence-electron chi connectivity index (χ3n) is 5.00. The molecule has 2 aliphatic rings. The molecule has 7 nitrogen and oxygen atoms in total. The molecule has 1 saturated heterocycles. The predicted octanol–water partition coefficient (Wildman–Crippen LogP) is 0.853. The normalized spacial score (nSPS) is 24.0. The zero-order valence-corrected chi connectivity index (χ0v) is 14.2. The van der Waals surface area contributed by atoms with Gasteiger partial charge in [-0.25, -0.2) is 0 Å². The van der Waals surface area contributed by atoms with E-state index in [2.05, 4.69) is 10.6 Å². The van der Waals surface area contributed by atoms with E-state index in [9.17, 15) is 14.4 Å². The van der Waals surface area contributed by atoms with E-state index in [1.807, 2.05) is 12.1 Å². The molecule has 0 bridgehead atoms. The minimum absolute atomic E-state index is 0.0366. The van der Waals surface area contributed by atoms with Crippen LogP contribution in [-0.4, -0.2) is 37.4 Å². The molecular weight excluding hydrogens is 320 g/mol. The molecule has 7 heteroatoms. The molecule has 1 aromatic rings. The van der Waals surface area contributed by atoms with Crippen molar-refractivity contribution >= 4 is 29.1 Å². The standard InChI is InChI=1S/C18H24N4O3/c19-17(24)14-3-1-2-4-15(14)18(25)21-12-5-7-13(8-6-12)22-10-9-20-11-16(22)23/h5-8,14-15,20H,1-4,9-11H2,(H2,19,24)(H,21,25). The number of anilines is 2. The molecule has 3 rings (SSSR count). The molecule has 2 atom stereocenters. The molecule has 1 aliphatic carbocycles. The van der Waals surface area contributed by atoms with Crippen LogP contribution in [-0.2, 0) is 14.4 Å². The second kappa shape index (κ2) is 7.65. The number of primary amides is 1. The van der Waals surface area contributed by atoms with Crippen molar-refractivity contribution in [2.24, 2.45) is 17.6 Å². The van der Waals surface area contributed by atoms with Crippen LogP contribution in [0, 0.1) is 11.8 Å². The zero-order valence-electron chi connectivity index (χ0n) is 14.2. The lowest BCUT2D eigenvalue weighted by Crippen LogP contribution is -2.48. The van der Waals surface area contributed by atoms with Gasteiger partial charge in [-0.1, -0.05) is 12.8 Å². The fourth-order valence-electron chi connectivity index (χ4n) is 3.62. The first-order chi connectivity index (χ1) is 12.1. The van der Waals surface area contributed by atoms with Crippen LogP contribution in [0.5, 0.6) is 0 Å². The number of carbonyl (C=O) groups excluding carboxylic acids is 3. The Morgan fingerprint density at radius 3 is 2.44 bits per heavy atom. The Balaban J connectivity index is 1.65. The van der Waals surface area contributed by atoms with E-state index < -0.39 is 5.91 Å². The SMILES string of the molecule is NC(=O)C1CCCCC1C(=O)Nc1ccc(N2CCNCC2=O)cc1. The van der Waals surface area contributed by atoms with Crippen LogP contribution in [0.25, 0.3) is 0 Å². The van der Waals surface area contributed by atoms with Gasteiger partial charge in [-0.3, -0.25) is 14.4 Å². The summed E-state index contributed by atoms with van der Waals surface area (Å²) in [5.74, 6) is -1.26. The van der Waals surface area contributed by atoms with E-state index >= 15 is 0 Å². The summed E-state index contributed by atoms with van der Waals surface area (Å²) < 4.78 is 0. The highest BCUT2D eigenvalue weighted by atomic mass is 16.2. The Labute approximate surface area is 146 Å². The average molecular weight is 344 g/mol. The van der Waals surface area contributed by atoms with E-state index in [0.29, 0.717) is 31.6 Å². The van der Waals surface area contributed by atoms with Gasteiger partial charge in [-0.15, -0.1) is 0 Å². The van der Waals surface area contributed by atoms with Gasteiger partial charge in [-0.05, 0) is 37.1 Å². The Kier molecular flexibility index (Phi) is 5.33. The predicted molar refractivity (Wildman–Crippen MR) is 94.9 cm³/mol. The van der Waals surface area contributed by atoms with Crippen molar-refractivity contribution in [2.75, 3.05) is 29.9 Å². The second-order valence-corrected chi connectivity index (χ2v) is 6.66. The van der Waals surface area contributed by atoms with Crippen molar-refractivity contribution in [1.82, 2.24) is 5.32 Å². The van der Waals surface area contributed by atoms with E-state index in [1.54, 1.807) is 17.0 Å². The molecule has 2 fully saturated rings. The number of amides is 3. The van der Waals surface area contributed by atoms with Gasteiger partial charge >= 0.3 is 0 Å². The van der Waals surface area contributed by atoms with Crippen molar-refractivity contribution in [3.8, 4) is 0 Å². The molecule has 4 N–H and O–H groups in total. The Bertz CT molecular complexity index is 659. The molecule has 0 radical (unpaired) electrons. The number of hydrogen-bond donors (Lipinski definition) is 3. The Morgan fingerprint density at radius 1 is 1.12 bits per heavy atom. The van der Waals surface area contributed by atoms with Crippen molar-refractivity contribution in [3.63, 3.8) is 0 Å². The molecular formula is C18H24N4O3. The maximum absolute atomic E-state index is 12.5. The average Bonchev–Trinajstić information content (AvgIpc) is 2.63. The van der Waals surface area contributed by atoms with Crippen LogP contribution >= 0.6 is 0 Å². The van der Waals surface area contributed by atoms with Crippen molar-refractivity contribution < 1.29 is 14.4 Å². The summed E-state index contributed by atoms with van der Waals surface area (Å²) in [6.07, 6.45) is 3.24. The molecule has 1 aromatic carbocycles. The maximum Gasteiger partial charge on any atom is 0.240 e. The van der Waals surface area contributed by atoms with Gasteiger partial charge in [-0.2, -0.15) is 0 Å². The molecule has 134 valence electrons. The molecule has 2 unspecified atom stereocenters. The number of rotatable bonds is 4. The monoisotopic (exact) mass is 344 g/mol. The fraction of sp³-hybridized carbons (Fsp3) is 0.500. The van der Waals surface area contributed by atoms with Gasteiger partial charge in [0.1, 0.15) is 0 Å². The first kappa shape index (κ1) is 17.4. The number of nitrogens with zero attached hydrogens (tertiary/aromatic N) is 1. The summed E-state index contributed by atoms with van der Waals surface area (Å²) in [5, 5.41) is 5.91. The topological polar surface area (TPSA) is 105 Å². The highest BCUT2D eigenvalue weighted by Gasteiger charge is 2.34. The number of carbonyl (C=O) groups is 3. The zero-order chi connectivity index (χ0) is 17.8. The highest BCUT2D eigenvalue weighted by molar-refractivity contribution is 5.97. The van der Waals surface area contributed by atoms with E-state index in [-0.39, 0.29) is 23.7 Å². The number of benzene rings is 1. The first-order valence-electron chi connectivity index (χ1n) is 8.77. The number of hydrogen-bond acceptors (Lipinski definition) is 4. The molecule has 1 aliphatic heterocycles. The van der Waals surface area contributed by atoms with E-state index in [1.165, 1.54) is 0 Å². The van der Waals surface area contributed by atoms with Crippen LogP contribution in [0.2, 0.25) is 0 Å². The van der Waals surface area contributed by atoms with Crippen LogP contribution in [0.1, 0.15) is 25.7 Å². The van der Waals surface area contributed by atoms with Gasteiger partial charge in [0.15, 0.2) is 0 Å². The third kappa shape index (κ3) is 3.99. The lowest BCUT2D eigenvalue weighted by molar-refractivity contribution is -0.131. The van der Waals surface area contributed by atoms with Gasteiger partial charge < -0.3 is 21.3 Å². The lowest BCUT2D eigenvalue weighted by atomic mass is 9.78. The summed E-state index contributed by atoms with van der Waals surface area (Å²) in [4.78, 5) is 37.7. The van der Waals surface area contributed by atoms with Gasteiger partial charge in [0.2, 0.25) is 17.7 Å². The van der Waals surface area contributed by atoms with Gasteiger partial charge in [0.05, 0.1) is 6.54 Å². The van der Waals surface area contributed by atoms with Crippen molar-refractivity contribution in [2.45, 2.75) is 25.7 Å². The second-order valence-electron chi connectivity index (χ2n) is 6.66. The summed E-state index contributed by atoms with van der Waals surface area (Å²) in [6, 6.07) is 7.21. The summed E-state index contributed by atoms with van der Waals surface area (Å²) in [5.41, 5.74) is 6.92. The highest BCUT2D eigenvalue weighted by Crippen LogP contribution is 2.31. The Hall–Kier alpha value is -2.41. The fourth-order valence-corrected chi connectivity index (χ4v) is 3.62. The smallest absolute Gasteiger partial charge is 0.240 e. The van der Waals surface area contributed by atoms with E-state index in [0.717, 1.165) is 25.1 Å². The van der Waals surface area contributed by atoms with Crippen LogP contribution < -0.4 is 21.3 Å². The van der Waals surface area contributed by atoms with Crippen LogP contribution in [0.3, 0.4) is 0 Å². The van der Waals surface area contributed by atoms with Crippen molar-refractivity contribution in [1.29, 1.82) is 0 Å². The summed E-state index contributed by atoms with van der Waals surface area (Å²) >= 11 is 0. The van der Waals surface area contributed by atoms with Gasteiger partial charge in [0, 0.05) is 36.3 Å². The third-order valence-corrected chi connectivity index (χ3v) is 5.00. The summed E-state index contributed by atoms with van der Waals surface area (Å²) in [6.45, 7) is 1.74. The first-order valence-corrected chi connectivity index (χ1v) is 8.77. The number of nitrogens with one attached hydrogen (secondary N) is 2. The maximum atomic E-state index is 12.5. The number of piperazine rings is 1. The molecule has 25 heavy (non-hydrogen) atoms. The lowest BCUT2D eigenvalue weighted by Gasteiger charge is -2.29. The number of nitrogens with two attached hydrogens (primary N) is 1. The van der Waals surface area contributed by atoms with Crippen LogP contribution in [0.15, 0.2) is 24.3 Å². The molecule has 1 saturated carbocycles. The summed E-state index contributed by atoms with van der Waals surface area (Å²) in [7, 11) is 0. The molecule has 0 aromatic heterocycles. The molecule has 1 heterocycles.